The third-order valence-corrected chi connectivity index (χ3v) is 5.36. The van der Waals surface area contributed by atoms with E-state index >= 15 is 0 Å². The average molecular weight is 368 g/mol. The minimum atomic E-state index is 0.260. The molecule has 1 saturated heterocycles. The lowest BCUT2D eigenvalue weighted by Gasteiger charge is -2.33. The number of aromatic nitrogens is 2. The van der Waals surface area contributed by atoms with E-state index < -0.39 is 0 Å². The Morgan fingerprint density at radius 3 is 2.96 bits per heavy atom. The van der Waals surface area contributed by atoms with Gasteiger partial charge in [0.25, 0.3) is 0 Å². The number of pyridine rings is 1. The number of hydrazone groups is 1. The van der Waals surface area contributed by atoms with Gasteiger partial charge in [-0.05, 0) is 31.0 Å². The number of H-pyrrole nitrogens is 1. The summed E-state index contributed by atoms with van der Waals surface area (Å²) < 4.78 is 0. The number of nitrogens with one attached hydrogen (secondary N) is 1. The van der Waals surface area contributed by atoms with Crippen molar-refractivity contribution in [2.75, 3.05) is 13.1 Å². The molecule has 1 atom stereocenters. The highest BCUT2D eigenvalue weighted by Crippen LogP contribution is 2.30. The van der Waals surface area contributed by atoms with E-state index in [9.17, 15) is 0 Å². The summed E-state index contributed by atoms with van der Waals surface area (Å²) >= 11 is 6.49. The first-order valence-electron chi connectivity index (χ1n) is 8.92. The van der Waals surface area contributed by atoms with Crippen molar-refractivity contribution in [3.63, 3.8) is 0 Å². The van der Waals surface area contributed by atoms with Crippen LogP contribution in [0.1, 0.15) is 24.0 Å². The molecule has 6 heteroatoms. The van der Waals surface area contributed by atoms with Crippen LogP contribution >= 0.6 is 11.6 Å². The van der Waals surface area contributed by atoms with Crippen molar-refractivity contribution in [2.45, 2.75) is 19.4 Å². The van der Waals surface area contributed by atoms with Crippen molar-refractivity contribution in [1.82, 2.24) is 14.9 Å². The molecule has 0 amide bonds. The lowest BCUT2D eigenvalue weighted by Crippen LogP contribution is -2.39. The number of piperidine rings is 1. The zero-order valence-electron chi connectivity index (χ0n) is 14.5. The van der Waals surface area contributed by atoms with E-state index in [0.29, 0.717) is 5.02 Å². The van der Waals surface area contributed by atoms with Crippen LogP contribution in [0, 0.1) is 5.92 Å². The van der Waals surface area contributed by atoms with E-state index in [-0.39, 0.29) is 5.92 Å². The van der Waals surface area contributed by atoms with E-state index in [1.54, 1.807) is 6.20 Å². The van der Waals surface area contributed by atoms with Gasteiger partial charge in [-0.1, -0.05) is 41.9 Å². The highest BCUT2D eigenvalue weighted by atomic mass is 35.5. The van der Waals surface area contributed by atoms with Gasteiger partial charge in [0.15, 0.2) is 0 Å². The minimum Gasteiger partial charge on any atom is -0.346 e. The average Bonchev–Trinajstić information content (AvgIpc) is 3.14. The number of nitrogens with zero attached hydrogens (tertiary/aromatic N) is 3. The summed E-state index contributed by atoms with van der Waals surface area (Å²) in [7, 11) is 0. The highest BCUT2D eigenvalue weighted by molar-refractivity contribution is 6.36. The Bertz CT molecular complexity index is 918. The SMILES string of the molecule is N/N=C(/c1c(Cl)cnc2[nH]ccc12)C1CCCN(Cc2ccccc2)C1. The van der Waals surface area contributed by atoms with Gasteiger partial charge < -0.3 is 10.8 Å². The topological polar surface area (TPSA) is 70.3 Å². The summed E-state index contributed by atoms with van der Waals surface area (Å²) in [6, 6.07) is 12.6. The molecule has 1 aliphatic heterocycles. The fourth-order valence-electron chi connectivity index (χ4n) is 3.88. The summed E-state index contributed by atoms with van der Waals surface area (Å²) in [4.78, 5) is 9.95. The number of aromatic amines is 1. The Morgan fingerprint density at radius 2 is 2.15 bits per heavy atom. The largest absolute Gasteiger partial charge is 0.346 e. The molecule has 26 heavy (non-hydrogen) atoms. The summed E-state index contributed by atoms with van der Waals surface area (Å²) in [5.41, 5.74) is 3.92. The molecule has 0 saturated carbocycles. The van der Waals surface area contributed by atoms with E-state index in [2.05, 4.69) is 50.3 Å². The molecule has 1 aromatic carbocycles. The number of nitrogens with two attached hydrogens (primary N) is 1. The van der Waals surface area contributed by atoms with Crippen LogP contribution in [0.25, 0.3) is 11.0 Å². The van der Waals surface area contributed by atoms with Crippen LogP contribution in [0.15, 0.2) is 53.9 Å². The first-order valence-corrected chi connectivity index (χ1v) is 9.30. The molecule has 5 nitrogen and oxygen atoms in total. The molecule has 4 rings (SSSR count). The fourth-order valence-corrected chi connectivity index (χ4v) is 4.13. The second-order valence-electron chi connectivity index (χ2n) is 6.80. The summed E-state index contributed by atoms with van der Waals surface area (Å²) in [6.45, 7) is 2.96. The standard InChI is InChI=1S/C20H22ClN5/c21-17-11-24-20-16(8-9-23-20)18(17)19(25-22)15-7-4-10-26(13-15)12-14-5-2-1-3-6-14/h1-3,5-6,8-9,11,15H,4,7,10,12-13,22H2,(H,23,24)/b25-19+. The van der Waals surface area contributed by atoms with Crippen molar-refractivity contribution in [1.29, 1.82) is 0 Å². The molecule has 0 radical (unpaired) electrons. The van der Waals surface area contributed by atoms with Crippen LogP contribution in [0.3, 0.4) is 0 Å². The number of fused-ring (bicyclic) bond motifs is 1. The quantitative estimate of drug-likeness (QED) is 0.418. The lowest BCUT2D eigenvalue weighted by atomic mass is 9.88. The van der Waals surface area contributed by atoms with E-state index in [0.717, 1.165) is 54.8 Å². The van der Waals surface area contributed by atoms with Crippen molar-refractivity contribution in [2.24, 2.45) is 16.9 Å². The Kier molecular flexibility index (Phi) is 4.91. The van der Waals surface area contributed by atoms with Crippen LogP contribution in [0.4, 0.5) is 0 Å². The van der Waals surface area contributed by atoms with Crippen LogP contribution < -0.4 is 5.84 Å². The Hall–Kier alpha value is -2.37. The summed E-state index contributed by atoms with van der Waals surface area (Å²) in [6.07, 6.45) is 5.72. The van der Waals surface area contributed by atoms with Gasteiger partial charge in [-0.15, -0.1) is 0 Å². The number of halogens is 1. The number of hydrogen-bond acceptors (Lipinski definition) is 4. The Balaban J connectivity index is 1.60. The Morgan fingerprint density at radius 1 is 1.31 bits per heavy atom. The van der Waals surface area contributed by atoms with E-state index in [4.69, 9.17) is 17.4 Å². The molecule has 1 aliphatic rings. The lowest BCUT2D eigenvalue weighted by molar-refractivity contribution is 0.197. The third kappa shape index (κ3) is 3.32. The van der Waals surface area contributed by atoms with Gasteiger partial charge >= 0.3 is 0 Å². The summed E-state index contributed by atoms with van der Waals surface area (Å²) in [5.74, 6) is 6.10. The molecule has 3 aromatic rings. The second-order valence-corrected chi connectivity index (χ2v) is 7.20. The normalized spacial score (nSPS) is 19.1. The first-order chi connectivity index (χ1) is 12.8. The Labute approximate surface area is 157 Å². The van der Waals surface area contributed by atoms with E-state index in [1.807, 2.05) is 12.3 Å². The predicted octanol–water partition coefficient (Wildman–Crippen LogP) is 3.79. The zero-order chi connectivity index (χ0) is 17.9. The molecule has 1 unspecified atom stereocenters. The third-order valence-electron chi connectivity index (χ3n) is 5.08. The number of likely N-dealkylation sites (tertiary alicyclic amines) is 1. The van der Waals surface area contributed by atoms with Gasteiger partial charge in [0.05, 0.1) is 10.7 Å². The maximum Gasteiger partial charge on any atom is 0.137 e. The number of benzene rings is 1. The van der Waals surface area contributed by atoms with Crippen molar-refractivity contribution in [3.8, 4) is 0 Å². The minimum absolute atomic E-state index is 0.260. The zero-order valence-corrected chi connectivity index (χ0v) is 15.3. The molecule has 3 N–H and O–H groups in total. The predicted molar refractivity (Wildman–Crippen MR) is 106 cm³/mol. The molecule has 1 fully saturated rings. The summed E-state index contributed by atoms with van der Waals surface area (Å²) in [5, 5.41) is 5.75. The molecule has 2 aromatic heterocycles. The maximum atomic E-state index is 6.49. The maximum absolute atomic E-state index is 6.49. The van der Waals surface area contributed by atoms with Crippen molar-refractivity contribution in [3.05, 3.63) is 64.9 Å². The molecular formula is C20H22ClN5. The molecule has 3 heterocycles. The molecule has 0 bridgehead atoms. The van der Waals surface area contributed by atoms with Gasteiger partial charge in [0, 0.05) is 42.4 Å². The van der Waals surface area contributed by atoms with Crippen LogP contribution in [0.2, 0.25) is 5.02 Å². The molecule has 0 aliphatic carbocycles. The van der Waals surface area contributed by atoms with E-state index in [1.165, 1.54) is 5.56 Å². The smallest absolute Gasteiger partial charge is 0.137 e. The van der Waals surface area contributed by atoms with Gasteiger partial charge in [-0.3, -0.25) is 4.90 Å². The van der Waals surface area contributed by atoms with Crippen LogP contribution in [-0.2, 0) is 6.54 Å². The number of hydrogen-bond donors (Lipinski definition) is 2. The van der Waals surface area contributed by atoms with Gasteiger partial charge in [-0.2, -0.15) is 5.10 Å². The molecular weight excluding hydrogens is 346 g/mol. The van der Waals surface area contributed by atoms with Crippen LogP contribution in [0.5, 0.6) is 0 Å². The van der Waals surface area contributed by atoms with Crippen molar-refractivity contribution >= 4 is 28.3 Å². The molecule has 0 spiro atoms. The monoisotopic (exact) mass is 367 g/mol. The van der Waals surface area contributed by atoms with Gasteiger partial charge in [-0.25, -0.2) is 4.98 Å². The highest BCUT2D eigenvalue weighted by Gasteiger charge is 2.28. The second kappa shape index (κ2) is 7.48. The number of rotatable bonds is 4. The first kappa shape index (κ1) is 17.1. The molecule has 134 valence electrons. The van der Waals surface area contributed by atoms with Crippen LogP contribution in [-0.4, -0.2) is 33.7 Å². The van der Waals surface area contributed by atoms with Crippen molar-refractivity contribution < 1.29 is 0 Å². The van der Waals surface area contributed by atoms with Gasteiger partial charge in [0.1, 0.15) is 5.65 Å². The van der Waals surface area contributed by atoms with Gasteiger partial charge in [0.2, 0.25) is 0 Å². The fraction of sp³-hybridized carbons (Fsp3) is 0.300.